The van der Waals surface area contributed by atoms with Crippen molar-refractivity contribution in [3.8, 4) is 0 Å². The molecule has 0 amide bonds. The first-order valence-corrected chi connectivity index (χ1v) is 9.24. The zero-order valence-electron chi connectivity index (χ0n) is 11.8. The van der Waals surface area contributed by atoms with Crippen LogP contribution in [0.1, 0.15) is 32.6 Å². The summed E-state index contributed by atoms with van der Waals surface area (Å²) >= 11 is 5.78. The Bertz CT molecular complexity index is 527. The van der Waals surface area contributed by atoms with Crippen molar-refractivity contribution < 1.29 is 8.42 Å². The quantitative estimate of drug-likeness (QED) is 0.907. The molecular weight excluding hydrogens is 294 g/mol. The molecule has 1 aliphatic carbocycles. The van der Waals surface area contributed by atoms with E-state index in [-0.39, 0.29) is 5.75 Å². The van der Waals surface area contributed by atoms with Crippen molar-refractivity contribution in [3.05, 3.63) is 29.3 Å². The predicted molar refractivity (Wildman–Crippen MR) is 82.9 cm³/mol. The molecule has 2 unspecified atom stereocenters. The smallest absolute Gasteiger partial charge is 0.179 e. The van der Waals surface area contributed by atoms with Gasteiger partial charge in [-0.15, -0.1) is 0 Å². The molecule has 2 rings (SSSR count). The topological polar surface area (TPSA) is 46.2 Å². The number of hydrogen-bond donors (Lipinski definition) is 1. The number of hydrogen-bond acceptors (Lipinski definition) is 3. The SMILES string of the molecule is CC1CCCCC1NCCS(=O)(=O)c1ccc(Cl)cc1. The zero-order chi connectivity index (χ0) is 14.6. The molecule has 0 bridgehead atoms. The largest absolute Gasteiger partial charge is 0.313 e. The molecule has 1 aromatic rings. The maximum Gasteiger partial charge on any atom is 0.179 e. The fraction of sp³-hybridized carbons (Fsp3) is 0.600. The molecule has 1 saturated carbocycles. The van der Waals surface area contributed by atoms with Gasteiger partial charge in [0.1, 0.15) is 0 Å². The first-order chi connectivity index (χ1) is 9.49. The molecule has 0 spiro atoms. The van der Waals surface area contributed by atoms with E-state index in [0.717, 1.165) is 6.42 Å². The highest BCUT2D eigenvalue weighted by atomic mass is 35.5. The van der Waals surface area contributed by atoms with Gasteiger partial charge >= 0.3 is 0 Å². The van der Waals surface area contributed by atoms with Crippen molar-refractivity contribution in [1.29, 1.82) is 0 Å². The van der Waals surface area contributed by atoms with Gasteiger partial charge in [-0.3, -0.25) is 0 Å². The van der Waals surface area contributed by atoms with Gasteiger partial charge in [-0.25, -0.2) is 8.42 Å². The summed E-state index contributed by atoms with van der Waals surface area (Å²) in [5.74, 6) is 0.777. The highest BCUT2D eigenvalue weighted by molar-refractivity contribution is 7.91. The van der Waals surface area contributed by atoms with Gasteiger partial charge in [-0.05, 0) is 43.0 Å². The summed E-state index contributed by atoms with van der Waals surface area (Å²) in [5, 5.41) is 3.96. The summed E-state index contributed by atoms with van der Waals surface area (Å²) in [5.41, 5.74) is 0. The molecule has 2 atom stereocenters. The Morgan fingerprint density at radius 1 is 1.20 bits per heavy atom. The van der Waals surface area contributed by atoms with E-state index in [1.54, 1.807) is 24.3 Å². The first kappa shape index (κ1) is 15.8. The second-order valence-corrected chi connectivity index (χ2v) is 8.14. The van der Waals surface area contributed by atoms with Crippen LogP contribution >= 0.6 is 11.6 Å². The molecule has 0 aromatic heterocycles. The summed E-state index contributed by atoms with van der Waals surface area (Å²) in [7, 11) is -3.22. The van der Waals surface area contributed by atoms with Crippen LogP contribution in [0.2, 0.25) is 5.02 Å². The van der Waals surface area contributed by atoms with Gasteiger partial charge in [0.2, 0.25) is 0 Å². The number of halogens is 1. The lowest BCUT2D eigenvalue weighted by molar-refractivity contribution is 0.285. The molecule has 0 radical (unpaired) electrons. The first-order valence-electron chi connectivity index (χ1n) is 7.21. The highest BCUT2D eigenvalue weighted by Gasteiger charge is 2.21. The lowest BCUT2D eigenvalue weighted by atomic mass is 9.86. The highest BCUT2D eigenvalue weighted by Crippen LogP contribution is 2.23. The molecule has 20 heavy (non-hydrogen) atoms. The van der Waals surface area contributed by atoms with Gasteiger partial charge < -0.3 is 5.32 Å². The summed E-state index contributed by atoms with van der Waals surface area (Å²) in [6, 6.07) is 6.84. The maximum absolute atomic E-state index is 12.2. The molecule has 3 nitrogen and oxygen atoms in total. The minimum absolute atomic E-state index is 0.137. The molecule has 1 fully saturated rings. The summed E-state index contributed by atoms with van der Waals surface area (Å²) < 4.78 is 24.4. The maximum atomic E-state index is 12.2. The zero-order valence-corrected chi connectivity index (χ0v) is 13.4. The second kappa shape index (κ2) is 6.92. The standard InChI is InChI=1S/C15H22ClNO2S/c1-12-4-2-3-5-15(12)17-10-11-20(18,19)14-8-6-13(16)7-9-14/h6-9,12,15,17H,2-5,10-11H2,1H3. The van der Waals surface area contributed by atoms with Gasteiger partial charge in [-0.1, -0.05) is 31.4 Å². The Labute approximate surface area is 126 Å². The van der Waals surface area contributed by atoms with E-state index in [1.807, 2.05) is 0 Å². The van der Waals surface area contributed by atoms with Crippen LogP contribution in [-0.4, -0.2) is 26.8 Å². The van der Waals surface area contributed by atoms with E-state index in [0.29, 0.717) is 28.4 Å². The third-order valence-electron chi connectivity index (χ3n) is 4.06. The van der Waals surface area contributed by atoms with Crippen LogP contribution in [0.4, 0.5) is 0 Å². The minimum atomic E-state index is -3.22. The summed E-state index contributed by atoms with van der Waals surface area (Å²) in [6.45, 7) is 2.75. The number of nitrogens with one attached hydrogen (secondary N) is 1. The van der Waals surface area contributed by atoms with Gasteiger partial charge in [-0.2, -0.15) is 0 Å². The molecule has 112 valence electrons. The summed E-state index contributed by atoms with van der Waals surface area (Å²) in [6.07, 6.45) is 4.93. The van der Waals surface area contributed by atoms with Crippen LogP contribution < -0.4 is 5.32 Å². The third-order valence-corrected chi connectivity index (χ3v) is 6.05. The average Bonchev–Trinajstić information content (AvgIpc) is 2.41. The third kappa shape index (κ3) is 4.21. The number of benzene rings is 1. The van der Waals surface area contributed by atoms with Crippen LogP contribution in [0.5, 0.6) is 0 Å². The van der Waals surface area contributed by atoms with Crippen molar-refractivity contribution in [2.45, 2.75) is 43.5 Å². The molecule has 0 heterocycles. The molecule has 1 aliphatic rings. The fourth-order valence-corrected chi connectivity index (χ4v) is 4.06. The van der Waals surface area contributed by atoms with Crippen molar-refractivity contribution in [3.63, 3.8) is 0 Å². The van der Waals surface area contributed by atoms with E-state index in [9.17, 15) is 8.42 Å². The molecule has 0 aliphatic heterocycles. The normalized spacial score (nSPS) is 23.7. The fourth-order valence-electron chi connectivity index (χ4n) is 2.76. The Morgan fingerprint density at radius 3 is 2.50 bits per heavy atom. The number of sulfone groups is 1. The number of rotatable bonds is 5. The van der Waals surface area contributed by atoms with Gasteiger partial charge in [0.05, 0.1) is 10.6 Å². The molecule has 1 N–H and O–H groups in total. The molecule has 0 saturated heterocycles. The van der Waals surface area contributed by atoms with E-state index in [2.05, 4.69) is 12.2 Å². The van der Waals surface area contributed by atoms with Crippen LogP contribution in [0.3, 0.4) is 0 Å². The molecule has 5 heteroatoms. The van der Waals surface area contributed by atoms with Crippen LogP contribution in [0.25, 0.3) is 0 Å². The van der Waals surface area contributed by atoms with E-state index < -0.39 is 9.84 Å². The Morgan fingerprint density at radius 2 is 1.85 bits per heavy atom. The van der Waals surface area contributed by atoms with Crippen molar-refractivity contribution >= 4 is 21.4 Å². The van der Waals surface area contributed by atoms with Crippen LogP contribution in [-0.2, 0) is 9.84 Å². The van der Waals surface area contributed by atoms with Crippen LogP contribution in [0.15, 0.2) is 29.2 Å². The Hall–Kier alpha value is -0.580. The second-order valence-electron chi connectivity index (χ2n) is 5.60. The average molecular weight is 316 g/mol. The lowest BCUT2D eigenvalue weighted by Crippen LogP contribution is -2.39. The predicted octanol–water partition coefficient (Wildman–Crippen LogP) is 3.28. The van der Waals surface area contributed by atoms with Crippen molar-refractivity contribution in [2.24, 2.45) is 5.92 Å². The van der Waals surface area contributed by atoms with E-state index >= 15 is 0 Å². The van der Waals surface area contributed by atoms with Crippen molar-refractivity contribution in [2.75, 3.05) is 12.3 Å². The Kier molecular flexibility index (Phi) is 5.47. The minimum Gasteiger partial charge on any atom is -0.313 e. The molecule has 1 aromatic carbocycles. The van der Waals surface area contributed by atoms with Gasteiger partial charge in [0, 0.05) is 17.6 Å². The molecular formula is C15H22ClNO2S. The van der Waals surface area contributed by atoms with Crippen LogP contribution in [0, 0.1) is 5.92 Å². The van der Waals surface area contributed by atoms with Gasteiger partial charge in [0.25, 0.3) is 0 Å². The summed E-state index contributed by atoms with van der Waals surface area (Å²) in [4.78, 5) is 0.348. The Balaban J connectivity index is 1.87. The van der Waals surface area contributed by atoms with E-state index in [1.165, 1.54) is 19.3 Å². The lowest BCUT2D eigenvalue weighted by Gasteiger charge is -2.29. The van der Waals surface area contributed by atoms with E-state index in [4.69, 9.17) is 11.6 Å². The monoisotopic (exact) mass is 315 g/mol. The van der Waals surface area contributed by atoms with Gasteiger partial charge in [0.15, 0.2) is 9.84 Å². The van der Waals surface area contributed by atoms with Crippen molar-refractivity contribution in [1.82, 2.24) is 5.32 Å².